The first-order chi connectivity index (χ1) is 11.4. The largest absolute Gasteiger partial charge is 0.389 e. The van der Waals surface area contributed by atoms with E-state index in [1.807, 2.05) is 6.08 Å². The van der Waals surface area contributed by atoms with Crippen molar-refractivity contribution in [2.24, 2.45) is 40.2 Å². The van der Waals surface area contributed by atoms with E-state index >= 15 is 0 Å². The third kappa shape index (κ3) is 2.02. The van der Waals surface area contributed by atoms with Crippen molar-refractivity contribution in [1.82, 2.24) is 0 Å². The standard InChI is InChI=1S/C22H37NO/c1-4-19(23)18-11-14-22(24)17-9-8-15-7-5-6-12-20(15,2)16(17)10-13-21(18,22)3/h4,15-19,24H,1,5-14,23H2,2-3H3/t15-,16-,17+,18+,19?,20-,21+,22-/m0/s1. The minimum Gasteiger partial charge on any atom is -0.389 e. The third-order valence-corrected chi connectivity index (χ3v) is 9.58. The molecule has 136 valence electrons. The van der Waals surface area contributed by atoms with Crippen molar-refractivity contribution in [2.45, 2.75) is 89.7 Å². The van der Waals surface area contributed by atoms with Gasteiger partial charge < -0.3 is 10.8 Å². The molecule has 0 aromatic heterocycles. The van der Waals surface area contributed by atoms with Crippen LogP contribution in [-0.4, -0.2) is 16.7 Å². The number of hydrogen-bond donors (Lipinski definition) is 2. The van der Waals surface area contributed by atoms with Gasteiger partial charge in [-0.05, 0) is 80.5 Å². The molecule has 3 N–H and O–H groups in total. The summed E-state index contributed by atoms with van der Waals surface area (Å²) in [5.74, 6) is 2.54. The molecular formula is C22H37NO. The predicted octanol–water partition coefficient (Wildman–Crippen LogP) is 4.66. The SMILES string of the molecule is C=CC(N)[C@H]1CC[C@]2(O)[C@@H]3CC[C@@H]4CCCC[C@]4(C)[C@H]3CC[C@]12C. The molecule has 0 saturated heterocycles. The average molecular weight is 332 g/mol. The number of fused-ring (bicyclic) bond motifs is 5. The van der Waals surface area contributed by atoms with Crippen molar-refractivity contribution in [2.75, 3.05) is 0 Å². The molecule has 0 aliphatic heterocycles. The van der Waals surface area contributed by atoms with Gasteiger partial charge in [-0.1, -0.05) is 32.8 Å². The minimum absolute atomic E-state index is 0.0142. The van der Waals surface area contributed by atoms with E-state index in [-0.39, 0.29) is 11.5 Å². The monoisotopic (exact) mass is 331 g/mol. The molecule has 0 aromatic rings. The molecule has 1 unspecified atom stereocenters. The Morgan fingerprint density at radius 3 is 2.54 bits per heavy atom. The van der Waals surface area contributed by atoms with Crippen LogP contribution in [-0.2, 0) is 0 Å². The van der Waals surface area contributed by atoms with Crippen LogP contribution in [0.1, 0.15) is 78.1 Å². The topological polar surface area (TPSA) is 46.2 Å². The van der Waals surface area contributed by atoms with Crippen LogP contribution in [0, 0.1) is 34.5 Å². The highest BCUT2D eigenvalue weighted by Crippen LogP contribution is 2.69. The maximum Gasteiger partial charge on any atom is 0.0735 e. The van der Waals surface area contributed by atoms with E-state index in [1.54, 1.807) is 0 Å². The first-order valence-corrected chi connectivity index (χ1v) is 10.5. The Labute approximate surface area is 148 Å². The molecule has 0 aromatic carbocycles. The second kappa shape index (κ2) is 5.58. The number of aliphatic hydroxyl groups is 1. The summed E-state index contributed by atoms with van der Waals surface area (Å²) in [6, 6.07) is 0.0298. The Kier molecular flexibility index (Phi) is 3.97. The van der Waals surface area contributed by atoms with E-state index in [0.29, 0.717) is 17.3 Å². The van der Waals surface area contributed by atoms with Gasteiger partial charge in [0.2, 0.25) is 0 Å². The first kappa shape index (κ1) is 17.1. The molecule has 4 rings (SSSR count). The third-order valence-electron chi connectivity index (χ3n) is 9.58. The molecule has 24 heavy (non-hydrogen) atoms. The van der Waals surface area contributed by atoms with Crippen molar-refractivity contribution in [1.29, 1.82) is 0 Å². The van der Waals surface area contributed by atoms with Crippen LogP contribution in [0.5, 0.6) is 0 Å². The molecule has 8 atom stereocenters. The van der Waals surface area contributed by atoms with Crippen molar-refractivity contribution in [3.05, 3.63) is 12.7 Å². The Hall–Kier alpha value is -0.340. The number of hydrogen-bond acceptors (Lipinski definition) is 2. The molecule has 4 aliphatic carbocycles. The Morgan fingerprint density at radius 2 is 1.79 bits per heavy atom. The Bertz CT molecular complexity index is 518. The second-order valence-electron chi connectivity index (χ2n) is 10.1. The summed E-state index contributed by atoms with van der Waals surface area (Å²) < 4.78 is 0. The Morgan fingerprint density at radius 1 is 1.00 bits per heavy atom. The lowest BCUT2D eigenvalue weighted by Gasteiger charge is -2.63. The van der Waals surface area contributed by atoms with E-state index < -0.39 is 5.60 Å². The van der Waals surface area contributed by atoms with Crippen molar-refractivity contribution in [3.63, 3.8) is 0 Å². The fraction of sp³-hybridized carbons (Fsp3) is 0.909. The zero-order valence-corrected chi connectivity index (χ0v) is 15.8. The van der Waals surface area contributed by atoms with Gasteiger partial charge in [-0.25, -0.2) is 0 Å². The highest BCUT2D eigenvalue weighted by molar-refractivity contribution is 5.18. The lowest BCUT2D eigenvalue weighted by molar-refractivity contribution is -0.206. The summed E-state index contributed by atoms with van der Waals surface area (Å²) in [6.07, 6.45) is 14.6. The van der Waals surface area contributed by atoms with Gasteiger partial charge in [0, 0.05) is 11.5 Å². The van der Waals surface area contributed by atoms with Gasteiger partial charge in [-0.3, -0.25) is 0 Å². The maximum absolute atomic E-state index is 12.0. The van der Waals surface area contributed by atoms with Crippen LogP contribution in [0.15, 0.2) is 12.7 Å². The van der Waals surface area contributed by atoms with Gasteiger partial charge in [0.05, 0.1) is 5.60 Å². The van der Waals surface area contributed by atoms with Crippen LogP contribution in [0.3, 0.4) is 0 Å². The fourth-order valence-corrected chi connectivity index (χ4v) is 8.09. The molecule has 0 heterocycles. The van der Waals surface area contributed by atoms with Gasteiger partial charge in [-0.15, -0.1) is 6.58 Å². The lowest BCUT2D eigenvalue weighted by atomic mass is 9.43. The van der Waals surface area contributed by atoms with Gasteiger partial charge in [0.15, 0.2) is 0 Å². The summed E-state index contributed by atoms with van der Waals surface area (Å²) in [4.78, 5) is 0. The molecular weight excluding hydrogens is 294 g/mol. The molecule has 2 heteroatoms. The van der Waals surface area contributed by atoms with E-state index in [0.717, 1.165) is 31.1 Å². The summed E-state index contributed by atoms with van der Waals surface area (Å²) >= 11 is 0. The Balaban J connectivity index is 1.68. The summed E-state index contributed by atoms with van der Waals surface area (Å²) in [7, 11) is 0. The predicted molar refractivity (Wildman–Crippen MR) is 99.5 cm³/mol. The fourth-order valence-electron chi connectivity index (χ4n) is 8.09. The zero-order chi connectivity index (χ0) is 17.2. The van der Waals surface area contributed by atoms with Gasteiger partial charge >= 0.3 is 0 Å². The molecule has 0 radical (unpaired) electrons. The van der Waals surface area contributed by atoms with Crippen LogP contribution >= 0.6 is 0 Å². The molecule has 4 saturated carbocycles. The number of rotatable bonds is 2. The first-order valence-electron chi connectivity index (χ1n) is 10.5. The van der Waals surface area contributed by atoms with Crippen LogP contribution in [0.2, 0.25) is 0 Å². The van der Waals surface area contributed by atoms with Gasteiger partial charge in [0.25, 0.3) is 0 Å². The maximum atomic E-state index is 12.0. The number of nitrogens with two attached hydrogens (primary N) is 1. The summed E-state index contributed by atoms with van der Waals surface area (Å²) in [5, 5.41) is 12.0. The summed E-state index contributed by atoms with van der Waals surface area (Å²) in [5.41, 5.74) is 6.38. The van der Waals surface area contributed by atoms with Gasteiger partial charge in [0.1, 0.15) is 0 Å². The lowest BCUT2D eigenvalue weighted by Crippen LogP contribution is -2.62. The van der Waals surface area contributed by atoms with E-state index in [4.69, 9.17) is 5.73 Å². The molecule has 0 amide bonds. The van der Waals surface area contributed by atoms with Crippen LogP contribution in [0.4, 0.5) is 0 Å². The molecule has 0 spiro atoms. The highest BCUT2D eigenvalue weighted by atomic mass is 16.3. The molecule has 4 fully saturated rings. The zero-order valence-electron chi connectivity index (χ0n) is 15.8. The van der Waals surface area contributed by atoms with Crippen LogP contribution < -0.4 is 5.73 Å². The smallest absolute Gasteiger partial charge is 0.0735 e. The molecule has 4 aliphatic rings. The van der Waals surface area contributed by atoms with Crippen molar-refractivity contribution >= 4 is 0 Å². The highest BCUT2D eigenvalue weighted by Gasteiger charge is 2.67. The van der Waals surface area contributed by atoms with Crippen molar-refractivity contribution < 1.29 is 5.11 Å². The average Bonchev–Trinajstić information content (AvgIpc) is 2.85. The molecule has 2 nitrogen and oxygen atoms in total. The quantitative estimate of drug-likeness (QED) is 0.723. The van der Waals surface area contributed by atoms with E-state index in [2.05, 4.69) is 20.4 Å². The van der Waals surface area contributed by atoms with E-state index in [1.165, 1.54) is 44.9 Å². The van der Waals surface area contributed by atoms with Crippen LogP contribution in [0.25, 0.3) is 0 Å². The molecule has 0 bridgehead atoms. The minimum atomic E-state index is -0.493. The van der Waals surface area contributed by atoms with Gasteiger partial charge in [-0.2, -0.15) is 0 Å². The normalized spacial score (nSPS) is 55.2. The van der Waals surface area contributed by atoms with Crippen molar-refractivity contribution in [3.8, 4) is 0 Å². The second-order valence-corrected chi connectivity index (χ2v) is 10.1. The van der Waals surface area contributed by atoms with E-state index in [9.17, 15) is 5.11 Å². The summed E-state index contributed by atoms with van der Waals surface area (Å²) in [6.45, 7) is 8.85.